The fourth-order valence-corrected chi connectivity index (χ4v) is 6.91. The molecule has 0 unspecified atom stereocenters. The van der Waals surface area contributed by atoms with Gasteiger partial charge in [-0.15, -0.1) is 12.4 Å². The molecule has 0 spiro atoms. The van der Waals surface area contributed by atoms with Gasteiger partial charge in [-0.25, -0.2) is 13.4 Å². The molecule has 2 aromatic rings. The third-order valence-electron chi connectivity index (χ3n) is 6.69. The van der Waals surface area contributed by atoms with Crippen molar-refractivity contribution in [1.29, 1.82) is 0 Å². The summed E-state index contributed by atoms with van der Waals surface area (Å²) in [6.07, 6.45) is 5.96. The Morgan fingerprint density at radius 2 is 1.53 bits per heavy atom. The van der Waals surface area contributed by atoms with E-state index in [2.05, 4.69) is 10.3 Å². The average Bonchev–Trinajstić information content (AvgIpc) is 2.73. The van der Waals surface area contributed by atoms with Gasteiger partial charge in [0, 0.05) is 40.6 Å². The van der Waals surface area contributed by atoms with Crippen molar-refractivity contribution < 1.29 is 13.2 Å². The third-order valence-corrected chi connectivity index (χ3v) is 8.73. The van der Waals surface area contributed by atoms with E-state index < -0.39 is 9.84 Å². The van der Waals surface area contributed by atoms with Crippen LogP contribution in [0.25, 0.3) is 0 Å². The lowest BCUT2D eigenvalue weighted by Crippen LogP contribution is -2.44. The van der Waals surface area contributed by atoms with Crippen LogP contribution in [-0.2, 0) is 9.84 Å². The molecular formula is C22H24Cl3N3O3S. The number of carbonyl (C=O) groups excluding carboxylic acids is 1. The van der Waals surface area contributed by atoms with E-state index in [4.69, 9.17) is 23.2 Å². The molecule has 172 valence electrons. The molecule has 1 saturated heterocycles. The summed E-state index contributed by atoms with van der Waals surface area (Å²) in [5, 5.41) is 4.45. The van der Waals surface area contributed by atoms with E-state index in [1.54, 1.807) is 29.3 Å². The molecule has 32 heavy (non-hydrogen) atoms. The number of nitrogens with zero attached hydrogens (tertiary/aromatic N) is 2. The first kappa shape index (κ1) is 23.6. The molecule has 2 bridgehead atoms. The van der Waals surface area contributed by atoms with Crippen LogP contribution in [0.4, 0.5) is 11.5 Å². The maximum absolute atomic E-state index is 13.4. The molecule has 2 heterocycles. The molecule has 1 saturated carbocycles. The number of hydrogen-bond donors (Lipinski definition) is 1. The quantitative estimate of drug-likeness (QED) is 0.608. The molecule has 10 heteroatoms. The van der Waals surface area contributed by atoms with Gasteiger partial charge < -0.3 is 10.2 Å². The highest BCUT2D eigenvalue weighted by molar-refractivity contribution is 7.91. The molecule has 1 N–H and O–H groups in total. The van der Waals surface area contributed by atoms with Crippen LogP contribution in [-0.4, -0.2) is 48.8 Å². The number of rotatable bonds is 3. The lowest BCUT2D eigenvalue weighted by atomic mass is 9.66. The van der Waals surface area contributed by atoms with Crippen molar-refractivity contribution in [2.45, 2.75) is 37.5 Å². The Morgan fingerprint density at radius 1 is 0.969 bits per heavy atom. The lowest BCUT2D eigenvalue weighted by molar-refractivity contribution is 0.0767. The van der Waals surface area contributed by atoms with E-state index in [9.17, 15) is 13.2 Å². The number of sulfone groups is 1. The molecule has 4 aliphatic rings. The summed E-state index contributed by atoms with van der Waals surface area (Å²) in [6.45, 7) is 0.482. The normalized spacial score (nSPS) is 23.2. The van der Waals surface area contributed by atoms with Crippen molar-refractivity contribution >= 4 is 62.9 Å². The van der Waals surface area contributed by atoms with Crippen molar-refractivity contribution in [1.82, 2.24) is 9.88 Å². The Morgan fingerprint density at radius 3 is 2.12 bits per heavy atom. The van der Waals surface area contributed by atoms with Crippen LogP contribution >= 0.6 is 35.6 Å². The van der Waals surface area contributed by atoms with E-state index in [1.807, 2.05) is 0 Å². The minimum Gasteiger partial charge on any atom is -0.340 e. The number of pyridine rings is 1. The molecule has 2 fully saturated rings. The number of halogens is 3. The fraction of sp³-hybridized carbons (Fsp3) is 0.455. The Kier molecular flexibility index (Phi) is 6.65. The SMILES string of the molecule is Cl.O=C(c1cnc(Nc2cc(Cl)cc(Cl)c2)c2c1C1CCC2CC1)N1CCS(=O)(=O)CC1. The summed E-state index contributed by atoms with van der Waals surface area (Å²) in [7, 11) is -3.05. The summed E-state index contributed by atoms with van der Waals surface area (Å²) in [5.41, 5.74) is 3.59. The molecular weight excluding hydrogens is 493 g/mol. The minimum absolute atomic E-state index is 0. The Bertz CT molecular complexity index is 1130. The Balaban J connectivity index is 0.00000245. The highest BCUT2D eigenvalue weighted by atomic mass is 35.5. The van der Waals surface area contributed by atoms with Crippen molar-refractivity contribution in [3.05, 3.63) is 51.1 Å². The average molecular weight is 517 g/mol. The van der Waals surface area contributed by atoms with Crippen LogP contribution < -0.4 is 5.32 Å². The highest BCUT2D eigenvalue weighted by Gasteiger charge is 2.39. The summed E-state index contributed by atoms with van der Waals surface area (Å²) in [6, 6.07) is 5.28. The summed E-state index contributed by atoms with van der Waals surface area (Å²) >= 11 is 12.3. The third kappa shape index (κ3) is 4.45. The van der Waals surface area contributed by atoms with E-state index in [1.165, 1.54) is 0 Å². The van der Waals surface area contributed by atoms with Crippen LogP contribution in [0.3, 0.4) is 0 Å². The van der Waals surface area contributed by atoms with Gasteiger partial charge in [0.15, 0.2) is 9.84 Å². The fourth-order valence-electron chi connectivity index (χ4n) is 5.18. The second-order valence-electron chi connectivity index (χ2n) is 8.62. The highest BCUT2D eigenvalue weighted by Crippen LogP contribution is 2.52. The molecule has 3 aliphatic carbocycles. The number of hydrogen-bond acceptors (Lipinski definition) is 5. The van der Waals surface area contributed by atoms with Crippen molar-refractivity contribution in [2.24, 2.45) is 0 Å². The second kappa shape index (κ2) is 9.01. The number of anilines is 2. The molecule has 1 aromatic carbocycles. The predicted molar refractivity (Wildman–Crippen MR) is 130 cm³/mol. The van der Waals surface area contributed by atoms with Gasteiger partial charge in [0.1, 0.15) is 5.82 Å². The van der Waals surface area contributed by atoms with E-state index in [-0.39, 0.29) is 42.9 Å². The zero-order valence-electron chi connectivity index (χ0n) is 17.3. The van der Waals surface area contributed by atoms with E-state index in [0.717, 1.165) is 48.3 Å². The first-order valence-corrected chi connectivity index (χ1v) is 13.1. The van der Waals surface area contributed by atoms with E-state index >= 15 is 0 Å². The van der Waals surface area contributed by atoms with Gasteiger partial charge in [-0.3, -0.25) is 4.79 Å². The molecule has 0 radical (unpaired) electrons. The molecule has 1 aromatic heterocycles. The Labute approximate surface area is 204 Å². The van der Waals surface area contributed by atoms with E-state index in [0.29, 0.717) is 27.4 Å². The largest absolute Gasteiger partial charge is 0.340 e. The van der Waals surface area contributed by atoms with Crippen LogP contribution in [0.15, 0.2) is 24.4 Å². The van der Waals surface area contributed by atoms with Gasteiger partial charge in [0.25, 0.3) is 5.91 Å². The zero-order valence-corrected chi connectivity index (χ0v) is 20.5. The monoisotopic (exact) mass is 515 g/mol. The van der Waals surface area contributed by atoms with Crippen molar-refractivity contribution in [2.75, 3.05) is 29.9 Å². The van der Waals surface area contributed by atoms with Gasteiger partial charge in [-0.05, 0) is 61.3 Å². The molecule has 6 nitrogen and oxygen atoms in total. The second-order valence-corrected chi connectivity index (χ2v) is 11.8. The van der Waals surface area contributed by atoms with Gasteiger partial charge in [-0.1, -0.05) is 23.2 Å². The van der Waals surface area contributed by atoms with Crippen LogP contribution in [0.5, 0.6) is 0 Å². The smallest absolute Gasteiger partial charge is 0.255 e. The van der Waals surface area contributed by atoms with Crippen molar-refractivity contribution in [3.8, 4) is 0 Å². The van der Waals surface area contributed by atoms with Gasteiger partial charge >= 0.3 is 0 Å². The van der Waals surface area contributed by atoms with Gasteiger partial charge in [0.2, 0.25) is 0 Å². The van der Waals surface area contributed by atoms with Crippen LogP contribution in [0.1, 0.15) is 59.0 Å². The summed E-state index contributed by atoms with van der Waals surface area (Å²) < 4.78 is 23.6. The first-order valence-electron chi connectivity index (χ1n) is 10.6. The predicted octanol–water partition coefficient (Wildman–Crippen LogP) is 5.18. The number of amides is 1. The van der Waals surface area contributed by atoms with Crippen molar-refractivity contribution in [3.63, 3.8) is 0 Å². The number of fused-ring (bicyclic) bond motifs is 2. The maximum Gasteiger partial charge on any atom is 0.255 e. The van der Waals surface area contributed by atoms with Gasteiger partial charge in [-0.2, -0.15) is 0 Å². The number of benzene rings is 1. The maximum atomic E-state index is 13.4. The van der Waals surface area contributed by atoms with Crippen LogP contribution in [0.2, 0.25) is 10.0 Å². The van der Waals surface area contributed by atoms with Crippen LogP contribution in [0, 0.1) is 0 Å². The standard InChI is InChI=1S/C22H23Cl2N3O3S.ClH/c23-15-9-16(24)11-17(10-15)26-21-20-14-3-1-13(2-4-14)19(20)18(12-25-21)22(28)27-5-7-31(29,30)8-6-27;/h9-14H,1-8H2,(H,25,26);1H. The summed E-state index contributed by atoms with van der Waals surface area (Å²) in [4.78, 5) is 19.7. The zero-order chi connectivity index (χ0) is 21.8. The Hall–Kier alpha value is -1.54. The molecule has 1 aliphatic heterocycles. The lowest BCUT2D eigenvalue weighted by Gasteiger charge is -2.40. The topological polar surface area (TPSA) is 79.4 Å². The number of carbonyl (C=O) groups is 1. The minimum atomic E-state index is -3.05. The molecule has 6 rings (SSSR count). The number of aromatic nitrogens is 1. The van der Waals surface area contributed by atoms with Gasteiger partial charge in [0.05, 0.1) is 17.1 Å². The first-order chi connectivity index (χ1) is 14.8. The number of nitrogens with one attached hydrogen (secondary N) is 1. The molecule has 1 amide bonds. The summed E-state index contributed by atoms with van der Waals surface area (Å²) in [5.74, 6) is 1.38. The molecule has 0 atom stereocenters.